The summed E-state index contributed by atoms with van der Waals surface area (Å²) in [6.07, 6.45) is 4.93. The van der Waals surface area contributed by atoms with Crippen LogP contribution in [0.5, 0.6) is 0 Å². The zero-order chi connectivity index (χ0) is 13.1. The first-order valence-electron chi connectivity index (χ1n) is 6.44. The molecule has 0 radical (unpaired) electrons. The van der Waals surface area contributed by atoms with Gasteiger partial charge in [0, 0.05) is 24.3 Å². The van der Waals surface area contributed by atoms with Gasteiger partial charge in [0.05, 0.1) is 4.92 Å². The van der Waals surface area contributed by atoms with Crippen LogP contribution in [-0.2, 0) is 0 Å². The second kappa shape index (κ2) is 5.25. The minimum atomic E-state index is -0.440. The second-order valence-corrected chi connectivity index (χ2v) is 4.72. The molecule has 0 bridgehead atoms. The van der Waals surface area contributed by atoms with E-state index in [1.165, 1.54) is 31.7 Å². The van der Waals surface area contributed by atoms with Gasteiger partial charge in [-0.2, -0.15) is 0 Å². The molecule has 2 rings (SSSR count). The molecule has 1 aromatic rings. The summed E-state index contributed by atoms with van der Waals surface area (Å²) >= 11 is 0. The van der Waals surface area contributed by atoms with E-state index in [1.54, 1.807) is 12.1 Å². The van der Waals surface area contributed by atoms with E-state index < -0.39 is 4.92 Å². The summed E-state index contributed by atoms with van der Waals surface area (Å²) in [5.41, 5.74) is 6.97. The number of anilines is 2. The molecule has 0 spiro atoms. The van der Waals surface area contributed by atoms with Gasteiger partial charge >= 0.3 is 0 Å². The smallest absolute Gasteiger partial charge is 0.292 e. The number of nitrogen functional groups attached to an aromatic ring is 1. The third-order valence-corrected chi connectivity index (χ3v) is 3.65. The van der Waals surface area contributed by atoms with Gasteiger partial charge in [-0.25, -0.2) is 0 Å². The lowest BCUT2D eigenvalue weighted by Crippen LogP contribution is -2.32. The lowest BCUT2D eigenvalue weighted by Gasteiger charge is -2.30. The molecule has 1 aliphatic carbocycles. The Kier molecular flexibility index (Phi) is 3.69. The fourth-order valence-electron chi connectivity index (χ4n) is 2.75. The molecule has 1 saturated carbocycles. The predicted octanol–water partition coefficient (Wildman–Crippen LogP) is 2.95. The molecule has 1 fully saturated rings. The summed E-state index contributed by atoms with van der Waals surface area (Å²) in [6, 6.07) is 5.58. The molecule has 5 heteroatoms. The van der Waals surface area contributed by atoms with E-state index in [1.807, 2.05) is 0 Å². The summed E-state index contributed by atoms with van der Waals surface area (Å²) in [7, 11) is 0. The standard InChI is InChI=1S/C13H19N3O2/c1-2-15(10-5-3-4-6-10)11-7-8-13(16(17)18)12(14)9-11/h7-10H,2-6,14H2,1H3. The number of benzene rings is 1. The average molecular weight is 249 g/mol. The molecule has 0 atom stereocenters. The van der Waals surface area contributed by atoms with Crippen molar-refractivity contribution in [2.24, 2.45) is 0 Å². The monoisotopic (exact) mass is 249 g/mol. The number of nitrogens with two attached hydrogens (primary N) is 1. The van der Waals surface area contributed by atoms with Gasteiger partial charge in [0.25, 0.3) is 5.69 Å². The Morgan fingerprint density at radius 3 is 2.61 bits per heavy atom. The summed E-state index contributed by atoms with van der Waals surface area (Å²) in [5, 5.41) is 10.7. The first-order valence-corrected chi connectivity index (χ1v) is 6.44. The van der Waals surface area contributed by atoms with Crippen molar-refractivity contribution in [3.05, 3.63) is 28.3 Å². The third kappa shape index (κ3) is 2.39. The van der Waals surface area contributed by atoms with E-state index in [2.05, 4.69) is 11.8 Å². The Hall–Kier alpha value is -1.78. The maximum atomic E-state index is 10.7. The number of rotatable bonds is 4. The van der Waals surface area contributed by atoms with E-state index >= 15 is 0 Å². The van der Waals surface area contributed by atoms with Crippen LogP contribution < -0.4 is 10.6 Å². The molecular formula is C13H19N3O2. The summed E-state index contributed by atoms with van der Waals surface area (Å²) < 4.78 is 0. The van der Waals surface area contributed by atoms with Crippen LogP contribution in [-0.4, -0.2) is 17.5 Å². The second-order valence-electron chi connectivity index (χ2n) is 4.72. The molecule has 1 aromatic carbocycles. The molecule has 98 valence electrons. The van der Waals surface area contributed by atoms with Crippen molar-refractivity contribution in [3.63, 3.8) is 0 Å². The van der Waals surface area contributed by atoms with Gasteiger partial charge in [-0.1, -0.05) is 12.8 Å². The minimum Gasteiger partial charge on any atom is -0.393 e. The van der Waals surface area contributed by atoms with Crippen molar-refractivity contribution in [2.45, 2.75) is 38.6 Å². The average Bonchev–Trinajstić information content (AvgIpc) is 2.83. The van der Waals surface area contributed by atoms with Crippen LogP contribution in [0.4, 0.5) is 17.1 Å². The number of hydrogen-bond donors (Lipinski definition) is 1. The number of nitro groups is 1. The van der Waals surface area contributed by atoms with E-state index in [4.69, 9.17) is 5.73 Å². The largest absolute Gasteiger partial charge is 0.393 e. The first-order chi connectivity index (χ1) is 8.63. The molecule has 18 heavy (non-hydrogen) atoms. The Labute approximate surface area is 107 Å². The number of nitrogens with zero attached hydrogens (tertiary/aromatic N) is 2. The lowest BCUT2D eigenvalue weighted by molar-refractivity contribution is -0.383. The fraction of sp³-hybridized carbons (Fsp3) is 0.538. The maximum Gasteiger partial charge on any atom is 0.292 e. The molecule has 0 unspecified atom stereocenters. The van der Waals surface area contributed by atoms with Crippen LogP contribution in [0.1, 0.15) is 32.6 Å². The molecule has 1 aliphatic rings. The highest BCUT2D eigenvalue weighted by Crippen LogP contribution is 2.32. The van der Waals surface area contributed by atoms with E-state index in [9.17, 15) is 10.1 Å². The molecule has 0 aromatic heterocycles. The molecule has 0 saturated heterocycles. The fourth-order valence-corrected chi connectivity index (χ4v) is 2.75. The van der Waals surface area contributed by atoms with E-state index in [0.717, 1.165) is 12.2 Å². The van der Waals surface area contributed by atoms with Crippen molar-refractivity contribution in [2.75, 3.05) is 17.2 Å². The van der Waals surface area contributed by atoms with Crippen LogP contribution in [0.2, 0.25) is 0 Å². The molecule has 5 nitrogen and oxygen atoms in total. The van der Waals surface area contributed by atoms with Crippen molar-refractivity contribution < 1.29 is 4.92 Å². The van der Waals surface area contributed by atoms with E-state index in [-0.39, 0.29) is 11.4 Å². The van der Waals surface area contributed by atoms with Crippen LogP contribution >= 0.6 is 0 Å². The Morgan fingerprint density at radius 2 is 2.11 bits per heavy atom. The normalized spacial score (nSPS) is 15.8. The Balaban J connectivity index is 2.26. The molecular weight excluding hydrogens is 230 g/mol. The van der Waals surface area contributed by atoms with Gasteiger partial charge in [-0.15, -0.1) is 0 Å². The highest BCUT2D eigenvalue weighted by molar-refractivity contribution is 5.66. The molecule has 0 heterocycles. The van der Waals surface area contributed by atoms with Gasteiger partial charge in [-0.3, -0.25) is 10.1 Å². The van der Waals surface area contributed by atoms with Crippen molar-refractivity contribution in [3.8, 4) is 0 Å². The first kappa shape index (κ1) is 12.7. The zero-order valence-electron chi connectivity index (χ0n) is 10.6. The molecule has 0 amide bonds. The highest BCUT2D eigenvalue weighted by Gasteiger charge is 2.23. The Bertz CT molecular complexity index is 442. The van der Waals surface area contributed by atoms with Gasteiger partial charge in [-0.05, 0) is 31.9 Å². The SMILES string of the molecule is CCN(c1ccc([N+](=O)[O-])c(N)c1)C1CCCC1. The van der Waals surface area contributed by atoms with Gasteiger partial charge in [0.1, 0.15) is 5.69 Å². The number of nitro benzene ring substituents is 1. The van der Waals surface area contributed by atoms with Crippen molar-refractivity contribution in [1.82, 2.24) is 0 Å². The van der Waals surface area contributed by atoms with Crippen molar-refractivity contribution in [1.29, 1.82) is 0 Å². The summed E-state index contributed by atoms with van der Waals surface area (Å²) in [5.74, 6) is 0. The zero-order valence-corrected chi connectivity index (χ0v) is 10.6. The maximum absolute atomic E-state index is 10.7. The molecule has 0 aliphatic heterocycles. The Morgan fingerprint density at radius 1 is 1.44 bits per heavy atom. The lowest BCUT2D eigenvalue weighted by atomic mass is 10.1. The predicted molar refractivity (Wildman–Crippen MR) is 72.8 cm³/mol. The summed E-state index contributed by atoms with van der Waals surface area (Å²) in [4.78, 5) is 12.6. The molecule has 2 N–H and O–H groups in total. The summed E-state index contributed by atoms with van der Waals surface area (Å²) in [6.45, 7) is 3.01. The third-order valence-electron chi connectivity index (χ3n) is 3.65. The van der Waals surface area contributed by atoms with E-state index in [0.29, 0.717) is 6.04 Å². The quantitative estimate of drug-likeness (QED) is 0.506. The van der Waals surface area contributed by atoms with Gasteiger partial charge in [0.2, 0.25) is 0 Å². The van der Waals surface area contributed by atoms with Gasteiger partial charge < -0.3 is 10.6 Å². The highest BCUT2D eigenvalue weighted by atomic mass is 16.6. The van der Waals surface area contributed by atoms with Crippen molar-refractivity contribution >= 4 is 17.1 Å². The topological polar surface area (TPSA) is 72.4 Å². The van der Waals surface area contributed by atoms with Crippen LogP contribution in [0.3, 0.4) is 0 Å². The van der Waals surface area contributed by atoms with Crippen LogP contribution in [0.15, 0.2) is 18.2 Å². The van der Waals surface area contributed by atoms with Gasteiger partial charge in [0.15, 0.2) is 0 Å². The van der Waals surface area contributed by atoms with Crippen LogP contribution in [0, 0.1) is 10.1 Å². The number of hydrogen-bond acceptors (Lipinski definition) is 4. The minimum absolute atomic E-state index is 0.0128. The van der Waals surface area contributed by atoms with Crippen LogP contribution in [0.25, 0.3) is 0 Å².